The first-order valence-electron chi connectivity index (χ1n) is 9.51. The molecule has 0 bridgehead atoms. The van der Waals surface area contributed by atoms with Gasteiger partial charge in [-0.25, -0.2) is 0 Å². The van der Waals surface area contributed by atoms with E-state index >= 15 is 0 Å². The quantitative estimate of drug-likeness (QED) is 0.556. The van der Waals surface area contributed by atoms with Gasteiger partial charge in [-0.05, 0) is 31.2 Å². The number of amides is 1. The molecule has 0 unspecified atom stereocenters. The van der Waals surface area contributed by atoms with Gasteiger partial charge in [-0.15, -0.1) is 0 Å². The Morgan fingerprint density at radius 1 is 0.968 bits per heavy atom. The minimum atomic E-state index is -3.60. The van der Waals surface area contributed by atoms with Crippen LogP contribution >= 0.6 is 0 Å². The lowest BCUT2D eigenvalue weighted by Gasteiger charge is -2.23. The van der Waals surface area contributed by atoms with Crippen molar-refractivity contribution in [2.75, 3.05) is 32.5 Å². The summed E-state index contributed by atoms with van der Waals surface area (Å²) in [4.78, 5) is 18.6. The number of hydrogen-bond acceptors (Lipinski definition) is 6. The van der Waals surface area contributed by atoms with Crippen LogP contribution in [0, 0.1) is 6.92 Å². The lowest BCUT2D eigenvalue weighted by Crippen LogP contribution is -2.37. The van der Waals surface area contributed by atoms with Gasteiger partial charge >= 0.3 is 10.2 Å². The molecule has 31 heavy (non-hydrogen) atoms. The highest BCUT2D eigenvalue weighted by molar-refractivity contribution is 7.90. The zero-order valence-corrected chi connectivity index (χ0v) is 18.9. The Labute approximate surface area is 182 Å². The first-order valence-corrected chi connectivity index (χ1v) is 10.9. The molecule has 0 radical (unpaired) electrons. The molecule has 3 rings (SSSR count). The molecule has 2 aromatic carbocycles. The van der Waals surface area contributed by atoms with Crippen molar-refractivity contribution in [3.8, 4) is 11.4 Å². The van der Waals surface area contributed by atoms with E-state index in [2.05, 4.69) is 10.1 Å². The molecule has 0 aliphatic heterocycles. The Morgan fingerprint density at radius 2 is 1.58 bits per heavy atom. The summed E-state index contributed by atoms with van der Waals surface area (Å²) >= 11 is 0. The smallest absolute Gasteiger partial charge is 0.303 e. The number of rotatable bonds is 7. The SMILES string of the molecule is Cc1ccc(-c2noc(CN(C)C(=O)c3ccc(N(C)S(=O)(=O)N(C)C)cc3)n2)cc1. The van der Waals surface area contributed by atoms with Crippen molar-refractivity contribution < 1.29 is 17.7 Å². The monoisotopic (exact) mass is 443 g/mol. The van der Waals surface area contributed by atoms with Gasteiger partial charge in [-0.1, -0.05) is 35.0 Å². The van der Waals surface area contributed by atoms with Crippen molar-refractivity contribution in [1.29, 1.82) is 0 Å². The highest BCUT2D eigenvalue weighted by atomic mass is 32.2. The van der Waals surface area contributed by atoms with E-state index < -0.39 is 10.2 Å². The van der Waals surface area contributed by atoms with Crippen molar-refractivity contribution in [2.45, 2.75) is 13.5 Å². The van der Waals surface area contributed by atoms with Crippen LogP contribution < -0.4 is 4.31 Å². The molecule has 9 nitrogen and oxygen atoms in total. The highest BCUT2D eigenvalue weighted by Crippen LogP contribution is 2.20. The van der Waals surface area contributed by atoms with E-state index in [0.717, 1.165) is 19.7 Å². The molecule has 1 heterocycles. The average Bonchev–Trinajstić information content (AvgIpc) is 3.21. The summed E-state index contributed by atoms with van der Waals surface area (Å²) in [6, 6.07) is 14.1. The Bertz CT molecular complexity index is 1160. The van der Waals surface area contributed by atoms with Crippen LogP contribution in [0.5, 0.6) is 0 Å². The summed E-state index contributed by atoms with van der Waals surface area (Å²) in [5.74, 6) is 0.532. The molecular formula is C21H25N5O4S. The molecule has 10 heteroatoms. The molecule has 1 amide bonds. The summed E-state index contributed by atoms with van der Waals surface area (Å²) in [6.07, 6.45) is 0. The van der Waals surface area contributed by atoms with E-state index in [1.54, 1.807) is 31.3 Å². The van der Waals surface area contributed by atoms with Gasteiger partial charge in [0.25, 0.3) is 5.91 Å². The number of nitrogens with zero attached hydrogens (tertiary/aromatic N) is 5. The zero-order valence-electron chi connectivity index (χ0n) is 18.1. The number of aromatic nitrogens is 2. The van der Waals surface area contributed by atoms with E-state index in [1.165, 1.54) is 26.0 Å². The van der Waals surface area contributed by atoms with Crippen molar-refractivity contribution in [2.24, 2.45) is 0 Å². The molecule has 0 saturated heterocycles. The third kappa shape index (κ3) is 4.92. The fourth-order valence-corrected chi connectivity index (χ4v) is 3.70. The second-order valence-corrected chi connectivity index (χ2v) is 9.52. The van der Waals surface area contributed by atoms with Gasteiger partial charge < -0.3 is 9.42 Å². The fraction of sp³-hybridized carbons (Fsp3) is 0.286. The number of carbonyl (C=O) groups excluding carboxylic acids is 1. The number of carbonyl (C=O) groups is 1. The summed E-state index contributed by atoms with van der Waals surface area (Å²) in [5, 5.41) is 3.98. The van der Waals surface area contributed by atoms with Crippen LogP contribution in [-0.2, 0) is 16.8 Å². The standard InChI is InChI=1S/C21H25N5O4S/c1-15-6-8-16(9-7-15)20-22-19(30-23-20)14-25(4)21(27)17-10-12-18(13-11-17)26(5)31(28,29)24(2)3/h6-13H,14H2,1-5H3. The highest BCUT2D eigenvalue weighted by Gasteiger charge is 2.22. The molecule has 0 spiro atoms. The van der Waals surface area contributed by atoms with E-state index in [0.29, 0.717) is 23.0 Å². The molecule has 1 aromatic heterocycles. The minimum Gasteiger partial charge on any atom is -0.337 e. The Morgan fingerprint density at radius 3 is 2.16 bits per heavy atom. The van der Waals surface area contributed by atoms with Crippen molar-refractivity contribution in [3.05, 3.63) is 65.5 Å². The predicted molar refractivity (Wildman–Crippen MR) is 118 cm³/mol. The minimum absolute atomic E-state index is 0.147. The van der Waals surface area contributed by atoms with Crippen LogP contribution in [0.15, 0.2) is 53.1 Å². The normalized spacial score (nSPS) is 11.5. The van der Waals surface area contributed by atoms with Crippen molar-refractivity contribution in [3.63, 3.8) is 0 Å². The second-order valence-electron chi connectivity index (χ2n) is 7.34. The second kappa shape index (κ2) is 8.86. The maximum Gasteiger partial charge on any atom is 0.303 e. The topological polar surface area (TPSA) is 99.8 Å². The van der Waals surface area contributed by atoms with Crippen LogP contribution in [0.1, 0.15) is 21.8 Å². The Hall–Kier alpha value is -3.24. The van der Waals surface area contributed by atoms with Gasteiger partial charge in [-0.2, -0.15) is 17.7 Å². The van der Waals surface area contributed by atoms with E-state index in [-0.39, 0.29) is 12.5 Å². The Balaban J connectivity index is 1.68. The van der Waals surface area contributed by atoms with Crippen LogP contribution in [0.4, 0.5) is 5.69 Å². The first-order chi connectivity index (χ1) is 14.6. The first kappa shape index (κ1) is 22.4. The third-order valence-corrected chi connectivity index (χ3v) is 6.61. The van der Waals surface area contributed by atoms with Crippen LogP contribution in [-0.4, -0.2) is 61.9 Å². The molecule has 0 fully saturated rings. The van der Waals surface area contributed by atoms with Crippen molar-refractivity contribution in [1.82, 2.24) is 19.3 Å². The molecule has 164 valence electrons. The Kier molecular flexibility index (Phi) is 6.42. The lowest BCUT2D eigenvalue weighted by atomic mass is 10.1. The van der Waals surface area contributed by atoms with E-state index in [4.69, 9.17) is 4.52 Å². The summed E-state index contributed by atoms with van der Waals surface area (Å²) in [6.45, 7) is 2.14. The fourth-order valence-electron chi connectivity index (χ4n) is 2.83. The van der Waals surface area contributed by atoms with Crippen LogP contribution in [0.25, 0.3) is 11.4 Å². The van der Waals surface area contributed by atoms with E-state index in [9.17, 15) is 13.2 Å². The van der Waals surface area contributed by atoms with Gasteiger partial charge in [-0.3, -0.25) is 9.10 Å². The molecule has 3 aromatic rings. The largest absolute Gasteiger partial charge is 0.337 e. The molecule has 0 atom stereocenters. The third-order valence-electron chi connectivity index (χ3n) is 4.78. The van der Waals surface area contributed by atoms with Gasteiger partial charge in [0.1, 0.15) is 0 Å². The lowest BCUT2D eigenvalue weighted by molar-refractivity contribution is 0.0769. The average molecular weight is 444 g/mol. The maximum absolute atomic E-state index is 12.7. The number of benzene rings is 2. The van der Waals surface area contributed by atoms with Crippen LogP contribution in [0.2, 0.25) is 0 Å². The van der Waals surface area contributed by atoms with Crippen molar-refractivity contribution >= 4 is 21.8 Å². The number of aryl methyl sites for hydroxylation is 1. The molecule has 0 saturated carbocycles. The van der Waals surface area contributed by atoms with Crippen LogP contribution in [0.3, 0.4) is 0 Å². The van der Waals surface area contributed by atoms with E-state index in [1.807, 2.05) is 31.2 Å². The van der Waals surface area contributed by atoms with Gasteiger partial charge in [0, 0.05) is 39.3 Å². The maximum atomic E-state index is 12.7. The zero-order chi connectivity index (χ0) is 22.8. The number of anilines is 1. The van der Waals surface area contributed by atoms with Gasteiger partial charge in [0.05, 0.1) is 12.2 Å². The molecule has 0 aliphatic rings. The number of hydrogen-bond donors (Lipinski definition) is 0. The summed E-state index contributed by atoms with van der Waals surface area (Å²) < 4.78 is 32.0. The molecule has 0 N–H and O–H groups in total. The summed E-state index contributed by atoms with van der Waals surface area (Å²) in [5.41, 5.74) is 2.84. The summed E-state index contributed by atoms with van der Waals surface area (Å²) in [7, 11) is 2.41. The van der Waals surface area contributed by atoms with Gasteiger partial charge in [0.15, 0.2) is 0 Å². The van der Waals surface area contributed by atoms with Gasteiger partial charge in [0.2, 0.25) is 11.7 Å². The molecule has 0 aliphatic carbocycles. The predicted octanol–water partition coefficient (Wildman–Crippen LogP) is 2.56. The molecular weight excluding hydrogens is 418 g/mol.